The van der Waals surface area contributed by atoms with Crippen LogP contribution < -0.4 is 11.1 Å². The van der Waals surface area contributed by atoms with Gasteiger partial charge >= 0.3 is 0 Å². The van der Waals surface area contributed by atoms with Gasteiger partial charge in [-0.15, -0.1) is 0 Å². The summed E-state index contributed by atoms with van der Waals surface area (Å²) in [6.45, 7) is 8.54. The third-order valence-electron chi connectivity index (χ3n) is 5.39. The molecule has 5 heteroatoms. The monoisotopic (exact) mass is 292 g/mol. The number of carbonyl (C=O) groups is 1. The fourth-order valence-electron chi connectivity index (χ4n) is 3.42. The molecule has 0 aromatic carbocycles. The molecule has 1 saturated carbocycles. The molecule has 0 aliphatic heterocycles. The number of aromatic nitrogens is 2. The summed E-state index contributed by atoms with van der Waals surface area (Å²) in [5.74, 6) is 1.30. The fourth-order valence-corrected chi connectivity index (χ4v) is 3.42. The molecule has 0 saturated heterocycles. The van der Waals surface area contributed by atoms with Gasteiger partial charge in [0.1, 0.15) is 5.82 Å². The molecule has 4 atom stereocenters. The van der Waals surface area contributed by atoms with Gasteiger partial charge in [0.15, 0.2) is 0 Å². The molecule has 1 amide bonds. The number of aromatic amines is 1. The first-order chi connectivity index (χ1) is 9.87. The zero-order valence-corrected chi connectivity index (χ0v) is 13.5. The van der Waals surface area contributed by atoms with Crippen LogP contribution in [0.25, 0.3) is 0 Å². The number of imidazole rings is 1. The molecular formula is C16H28N4O. The summed E-state index contributed by atoms with van der Waals surface area (Å²) in [7, 11) is 0. The number of hydrogen-bond donors (Lipinski definition) is 3. The fraction of sp³-hybridized carbons (Fsp3) is 0.750. The maximum absolute atomic E-state index is 12.7. The number of amides is 1. The molecule has 1 heterocycles. The van der Waals surface area contributed by atoms with Crippen LogP contribution in [0.15, 0.2) is 12.4 Å². The minimum absolute atomic E-state index is 0.0105. The van der Waals surface area contributed by atoms with E-state index in [4.69, 9.17) is 5.73 Å². The predicted molar refractivity (Wildman–Crippen MR) is 83.4 cm³/mol. The first-order valence-electron chi connectivity index (χ1n) is 7.93. The van der Waals surface area contributed by atoms with E-state index in [1.54, 1.807) is 12.4 Å². The second-order valence-corrected chi connectivity index (χ2v) is 6.85. The molecule has 118 valence electrons. The third kappa shape index (κ3) is 3.12. The van der Waals surface area contributed by atoms with Gasteiger partial charge in [-0.1, -0.05) is 27.7 Å². The van der Waals surface area contributed by atoms with Crippen LogP contribution in [-0.2, 0) is 4.79 Å². The van der Waals surface area contributed by atoms with Crippen molar-refractivity contribution < 1.29 is 4.79 Å². The zero-order valence-electron chi connectivity index (χ0n) is 13.5. The number of rotatable bonds is 4. The average molecular weight is 292 g/mol. The molecule has 5 nitrogen and oxygen atoms in total. The minimum Gasteiger partial charge on any atom is -0.347 e. The van der Waals surface area contributed by atoms with Gasteiger partial charge in [-0.3, -0.25) is 4.79 Å². The number of nitrogens with one attached hydrogen (secondary N) is 2. The van der Waals surface area contributed by atoms with Crippen LogP contribution in [0.3, 0.4) is 0 Å². The van der Waals surface area contributed by atoms with E-state index in [1.165, 1.54) is 0 Å². The minimum atomic E-state index is -0.0802. The first kappa shape index (κ1) is 16.0. The molecule has 0 bridgehead atoms. The lowest BCUT2D eigenvalue weighted by Crippen LogP contribution is -2.52. The van der Waals surface area contributed by atoms with E-state index in [1.807, 2.05) is 0 Å². The molecule has 2 rings (SSSR count). The van der Waals surface area contributed by atoms with Crippen molar-refractivity contribution in [2.24, 2.45) is 23.0 Å². The van der Waals surface area contributed by atoms with Crippen LogP contribution >= 0.6 is 0 Å². The molecule has 1 aliphatic carbocycles. The van der Waals surface area contributed by atoms with Gasteiger partial charge in [0.2, 0.25) is 5.91 Å². The Morgan fingerprint density at radius 1 is 1.57 bits per heavy atom. The summed E-state index contributed by atoms with van der Waals surface area (Å²) in [4.78, 5) is 20.1. The predicted octanol–water partition coefficient (Wildman–Crippen LogP) is 2.38. The number of carbonyl (C=O) groups excluding carboxylic acids is 1. The molecule has 21 heavy (non-hydrogen) atoms. The second kappa shape index (κ2) is 6.18. The molecule has 1 aromatic heterocycles. The molecular weight excluding hydrogens is 264 g/mol. The van der Waals surface area contributed by atoms with Gasteiger partial charge in [-0.2, -0.15) is 0 Å². The number of nitrogens with two attached hydrogens (primary N) is 1. The van der Waals surface area contributed by atoms with Gasteiger partial charge in [0.05, 0.1) is 6.04 Å². The highest BCUT2D eigenvalue weighted by Gasteiger charge is 2.45. The molecule has 1 aliphatic rings. The SMILES string of the molecule is CCC(NC(=O)C1CCC(N)C(C)C1(C)C)c1ncc[nH]1. The second-order valence-electron chi connectivity index (χ2n) is 6.85. The summed E-state index contributed by atoms with van der Waals surface area (Å²) in [5, 5.41) is 3.16. The maximum atomic E-state index is 12.7. The lowest BCUT2D eigenvalue weighted by Gasteiger charge is -2.46. The van der Waals surface area contributed by atoms with Crippen molar-refractivity contribution in [2.45, 2.75) is 59.0 Å². The van der Waals surface area contributed by atoms with E-state index in [0.29, 0.717) is 5.92 Å². The lowest BCUT2D eigenvalue weighted by atomic mass is 9.61. The van der Waals surface area contributed by atoms with Gasteiger partial charge in [0, 0.05) is 24.4 Å². The summed E-state index contributed by atoms with van der Waals surface area (Å²) >= 11 is 0. The van der Waals surface area contributed by atoms with Crippen molar-refractivity contribution >= 4 is 5.91 Å². The molecule has 1 aromatic rings. The van der Waals surface area contributed by atoms with E-state index >= 15 is 0 Å². The average Bonchev–Trinajstić information content (AvgIpc) is 2.96. The Morgan fingerprint density at radius 2 is 2.29 bits per heavy atom. The highest BCUT2D eigenvalue weighted by Crippen LogP contribution is 2.44. The third-order valence-corrected chi connectivity index (χ3v) is 5.39. The summed E-state index contributed by atoms with van der Waals surface area (Å²) in [5.41, 5.74) is 6.09. The van der Waals surface area contributed by atoms with Crippen LogP contribution in [0.4, 0.5) is 0 Å². The van der Waals surface area contributed by atoms with Gasteiger partial charge in [-0.25, -0.2) is 4.98 Å². The van der Waals surface area contributed by atoms with Crippen LogP contribution in [0.2, 0.25) is 0 Å². The Kier molecular flexibility index (Phi) is 4.71. The van der Waals surface area contributed by atoms with Crippen molar-refractivity contribution in [3.63, 3.8) is 0 Å². The summed E-state index contributed by atoms with van der Waals surface area (Å²) in [6.07, 6.45) is 6.10. The molecule has 4 unspecified atom stereocenters. The molecule has 0 spiro atoms. The zero-order chi connectivity index (χ0) is 15.6. The largest absolute Gasteiger partial charge is 0.347 e. The smallest absolute Gasteiger partial charge is 0.224 e. The van der Waals surface area contributed by atoms with E-state index in [9.17, 15) is 4.79 Å². The normalized spacial score (nSPS) is 29.9. The Bertz CT molecular complexity index is 469. The van der Waals surface area contributed by atoms with Crippen molar-refractivity contribution in [2.75, 3.05) is 0 Å². The summed E-state index contributed by atoms with van der Waals surface area (Å²) < 4.78 is 0. The Balaban J connectivity index is 2.09. The lowest BCUT2D eigenvalue weighted by molar-refractivity contribution is -0.133. The summed E-state index contributed by atoms with van der Waals surface area (Å²) in [6, 6.07) is 0.144. The highest BCUT2D eigenvalue weighted by molar-refractivity contribution is 5.80. The van der Waals surface area contributed by atoms with Crippen molar-refractivity contribution in [3.8, 4) is 0 Å². The van der Waals surface area contributed by atoms with Crippen LogP contribution in [0.5, 0.6) is 0 Å². The maximum Gasteiger partial charge on any atom is 0.224 e. The van der Waals surface area contributed by atoms with Crippen molar-refractivity contribution in [1.82, 2.24) is 15.3 Å². The number of hydrogen-bond acceptors (Lipinski definition) is 3. The Morgan fingerprint density at radius 3 is 2.86 bits per heavy atom. The molecule has 1 fully saturated rings. The highest BCUT2D eigenvalue weighted by atomic mass is 16.2. The van der Waals surface area contributed by atoms with Crippen LogP contribution in [0.1, 0.15) is 58.8 Å². The number of nitrogens with zero attached hydrogens (tertiary/aromatic N) is 1. The number of H-pyrrole nitrogens is 1. The van der Waals surface area contributed by atoms with Gasteiger partial charge < -0.3 is 16.0 Å². The van der Waals surface area contributed by atoms with Gasteiger partial charge in [-0.05, 0) is 30.6 Å². The van der Waals surface area contributed by atoms with E-state index < -0.39 is 0 Å². The van der Waals surface area contributed by atoms with E-state index in [-0.39, 0.29) is 29.3 Å². The van der Waals surface area contributed by atoms with Crippen molar-refractivity contribution in [3.05, 3.63) is 18.2 Å². The topological polar surface area (TPSA) is 83.8 Å². The quantitative estimate of drug-likeness (QED) is 0.796. The van der Waals surface area contributed by atoms with E-state index in [0.717, 1.165) is 25.1 Å². The Hall–Kier alpha value is -1.36. The molecule has 4 N–H and O–H groups in total. The van der Waals surface area contributed by atoms with Crippen molar-refractivity contribution in [1.29, 1.82) is 0 Å². The standard InChI is InChI=1S/C16H28N4O/c1-5-13(14-18-8-9-19-14)20-15(21)11-6-7-12(17)10(2)16(11,3)4/h8-13H,5-7,17H2,1-4H3,(H,18,19)(H,20,21). The van der Waals surface area contributed by atoms with Gasteiger partial charge in [0.25, 0.3) is 0 Å². The first-order valence-corrected chi connectivity index (χ1v) is 7.93. The van der Waals surface area contributed by atoms with E-state index in [2.05, 4.69) is 43.0 Å². The van der Waals surface area contributed by atoms with Crippen LogP contribution in [-0.4, -0.2) is 21.9 Å². The molecule has 0 radical (unpaired) electrons. The Labute approximate surface area is 127 Å². The van der Waals surface area contributed by atoms with Crippen LogP contribution in [0, 0.1) is 17.3 Å².